The molecule has 0 aromatic carbocycles. The first-order chi connectivity index (χ1) is 48.7. The minimum absolute atomic E-state index is 0.0371. The smallest absolute Gasteiger partial charge is 0.382 e. The fraction of sp³-hybridized carbons (Fsp3) is 1.00. The van der Waals surface area contributed by atoms with Gasteiger partial charge in [0.05, 0.1) is 304 Å². The van der Waals surface area contributed by atoms with Crippen LogP contribution in [-0.4, -0.2) is 378 Å². The van der Waals surface area contributed by atoms with E-state index in [0.717, 1.165) is 0 Å². The highest BCUT2D eigenvalue weighted by Crippen LogP contribution is 2.64. The molecule has 0 aliphatic carbocycles. The van der Waals surface area contributed by atoms with E-state index < -0.39 is 73.6 Å². The van der Waals surface area contributed by atoms with E-state index in [1.54, 1.807) is 7.11 Å². The molecule has 25 nitrogen and oxygen atoms in total. The van der Waals surface area contributed by atoms with Crippen molar-refractivity contribution in [2.75, 3.05) is 324 Å². The van der Waals surface area contributed by atoms with Gasteiger partial charge in [0.15, 0.2) is 0 Å². The zero-order valence-corrected chi connectivity index (χ0v) is 57.9. The fourth-order valence-corrected chi connectivity index (χ4v) is 7.01. The van der Waals surface area contributed by atoms with Gasteiger partial charge in [0, 0.05) is 13.7 Å². The third-order valence-electron chi connectivity index (χ3n) is 12.5. The molecule has 42 heteroatoms. The predicted octanol–water partition coefficient (Wildman–Crippen LogP) is 6.82. The molecule has 0 bridgehead atoms. The molecule has 0 radical (unpaired) electrons. The maximum Gasteiger partial charge on any atom is 0.460 e. The standard InChI is InChI=1S/C60H105F17O25/c1-3-4-102-52(50-101-51-53(61,62)54(63,64)55(65,66)56(67,68)57(69,70)58(71,72)59(73,74)60(75,76)77)49-100-48-47-99-46-45-98-44-43-97-42-41-96-40-39-95-38-37-94-36-35-93-34-33-92-32-31-91-30-29-90-28-27-89-26-25-88-24-23-87-22-21-86-20-19-85-18-17-84-16-15-83-14-13-82-12-11-81-10-9-80-8-7-79-6-5-78-2/h52H,3-51H2,1-2H3. The van der Waals surface area contributed by atoms with Crippen LogP contribution >= 0.6 is 0 Å². The van der Waals surface area contributed by atoms with Crippen LogP contribution < -0.4 is 0 Å². The molecule has 0 aliphatic heterocycles. The number of methoxy groups -OCH3 is 1. The second-order valence-electron chi connectivity index (χ2n) is 20.6. The summed E-state index contributed by atoms with van der Waals surface area (Å²) in [7, 11) is 1.63. The Morgan fingerprint density at radius 1 is 0.196 bits per heavy atom. The highest BCUT2D eigenvalue weighted by Gasteiger charge is 2.95. The van der Waals surface area contributed by atoms with E-state index in [-0.39, 0.29) is 65.9 Å². The summed E-state index contributed by atoms with van der Waals surface area (Å²) in [5.41, 5.74) is 0. The molecule has 1 unspecified atom stereocenters. The van der Waals surface area contributed by atoms with Crippen LogP contribution in [0.4, 0.5) is 74.6 Å². The number of alkyl halides is 17. The van der Waals surface area contributed by atoms with Crippen molar-refractivity contribution in [2.45, 2.75) is 67.1 Å². The molecule has 0 aliphatic rings. The molecule has 0 spiro atoms. The molecular weight excluding hydrogens is 1440 g/mol. The Morgan fingerprint density at radius 3 is 0.549 bits per heavy atom. The minimum Gasteiger partial charge on any atom is -0.382 e. The first kappa shape index (κ1) is 99.8. The van der Waals surface area contributed by atoms with Crippen LogP contribution in [0, 0.1) is 0 Å². The molecule has 0 aromatic heterocycles. The van der Waals surface area contributed by atoms with E-state index >= 15 is 0 Å². The van der Waals surface area contributed by atoms with Gasteiger partial charge in [0.25, 0.3) is 0 Å². The maximum absolute atomic E-state index is 14.2. The van der Waals surface area contributed by atoms with Crippen molar-refractivity contribution >= 4 is 0 Å². The van der Waals surface area contributed by atoms with Crippen LogP contribution in [0.1, 0.15) is 13.3 Å². The molecule has 614 valence electrons. The van der Waals surface area contributed by atoms with Gasteiger partial charge in [-0.1, -0.05) is 6.92 Å². The van der Waals surface area contributed by atoms with E-state index in [9.17, 15) is 74.6 Å². The van der Waals surface area contributed by atoms with Crippen LogP contribution in [0.2, 0.25) is 0 Å². The molecule has 102 heavy (non-hydrogen) atoms. The maximum atomic E-state index is 14.2. The normalized spacial score (nSPS) is 13.6. The van der Waals surface area contributed by atoms with Crippen LogP contribution in [-0.2, 0) is 118 Å². The molecule has 0 aromatic rings. The molecule has 0 saturated carbocycles. The summed E-state index contributed by atoms with van der Waals surface area (Å²) in [4.78, 5) is 0. The highest BCUT2D eigenvalue weighted by molar-refractivity contribution is 5.15. The van der Waals surface area contributed by atoms with Crippen molar-refractivity contribution in [1.29, 1.82) is 0 Å². The Morgan fingerprint density at radius 2 is 0.363 bits per heavy atom. The minimum atomic E-state index is -8.71. The second kappa shape index (κ2) is 62.7. The third-order valence-corrected chi connectivity index (χ3v) is 12.5. The van der Waals surface area contributed by atoms with Crippen molar-refractivity contribution in [3.05, 3.63) is 0 Å². The van der Waals surface area contributed by atoms with Crippen LogP contribution in [0.25, 0.3) is 0 Å². The zero-order chi connectivity index (χ0) is 75.9. The predicted molar refractivity (Wildman–Crippen MR) is 321 cm³/mol. The Hall–Kier alpha value is -2.19. The lowest BCUT2D eigenvalue weighted by molar-refractivity contribution is -0.462. The summed E-state index contributed by atoms with van der Waals surface area (Å²) >= 11 is 0. The Balaban J connectivity index is 3.56. The summed E-state index contributed by atoms with van der Waals surface area (Å²) in [5, 5.41) is 0. The topological polar surface area (TPSA) is 231 Å². The number of hydrogen-bond acceptors (Lipinski definition) is 25. The SMILES string of the molecule is CCCOC(COCCOCCOCCOCCOCCOCCOCCOCCOCCOCCOCCOCCOCCOCCOCCOCCOCCOCCOCCOCCOCCOCCOC)COCC(F)(F)C(F)(F)C(F)(F)C(F)(F)C(F)(F)C(F)(F)C(F)(F)C(F)(F)F. The molecule has 0 heterocycles. The van der Waals surface area contributed by atoms with Gasteiger partial charge in [-0.25, -0.2) is 0 Å². The monoisotopic (exact) mass is 1550 g/mol. The molecular formula is C60H105F17O25. The van der Waals surface area contributed by atoms with Gasteiger partial charge < -0.3 is 118 Å². The number of halogens is 17. The highest BCUT2D eigenvalue weighted by atomic mass is 19.4. The molecule has 0 saturated heterocycles. The molecule has 0 amide bonds. The average Bonchev–Trinajstić information content (AvgIpc) is 0.698. The van der Waals surface area contributed by atoms with Crippen molar-refractivity contribution < 1.29 is 193 Å². The Kier molecular flexibility index (Phi) is 61.3. The second-order valence-corrected chi connectivity index (χ2v) is 20.6. The summed E-state index contributed by atoms with van der Waals surface area (Å²) in [6, 6.07) is 0. The largest absolute Gasteiger partial charge is 0.460 e. The summed E-state index contributed by atoms with van der Waals surface area (Å²) in [6.45, 7) is 13.1. The van der Waals surface area contributed by atoms with Crippen molar-refractivity contribution in [3.8, 4) is 0 Å². The number of hydrogen-bond donors (Lipinski definition) is 0. The first-order valence-electron chi connectivity index (χ1n) is 32.8. The molecule has 0 fully saturated rings. The zero-order valence-electron chi connectivity index (χ0n) is 57.9. The van der Waals surface area contributed by atoms with E-state index in [1.165, 1.54) is 6.92 Å². The summed E-state index contributed by atoms with van der Waals surface area (Å²) in [6.07, 6.45) is -9.08. The van der Waals surface area contributed by atoms with Gasteiger partial charge in [-0.15, -0.1) is 0 Å². The Bertz CT molecular complexity index is 1840. The van der Waals surface area contributed by atoms with E-state index in [1.807, 2.05) is 0 Å². The van der Waals surface area contributed by atoms with E-state index in [4.69, 9.17) is 114 Å². The molecule has 1 atom stereocenters. The number of ether oxygens (including phenoxy) is 25. The van der Waals surface area contributed by atoms with Gasteiger partial charge in [0.1, 0.15) is 12.7 Å². The van der Waals surface area contributed by atoms with Gasteiger partial charge >= 0.3 is 47.6 Å². The fourth-order valence-electron chi connectivity index (χ4n) is 7.01. The quantitative estimate of drug-likeness (QED) is 0.0449. The summed E-state index contributed by atoms with van der Waals surface area (Å²) < 4.78 is 364. The summed E-state index contributed by atoms with van der Waals surface area (Å²) in [5.74, 6) is -57.1. The number of rotatable bonds is 81. The Labute approximate surface area is 583 Å². The van der Waals surface area contributed by atoms with Crippen LogP contribution in [0.5, 0.6) is 0 Å². The van der Waals surface area contributed by atoms with Crippen LogP contribution in [0.15, 0.2) is 0 Å². The van der Waals surface area contributed by atoms with Crippen LogP contribution in [0.3, 0.4) is 0 Å². The molecule has 0 rings (SSSR count). The van der Waals surface area contributed by atoms with Crippen molar-refractivity contribution in [3.63, 3.8) is 0 Å². The first-order valence-corrected chi connectivity index (χ1v) is 32.8. The lowest BCUT2D eigenvalue weighted by Gasteiger charge is -2.42. The van der Waals surface area contributed by atoms with Gasteiger partial charge in [0.2, 0.25) is 0 Å². The van der Waals surface area contributed by atoms with E-state index in [2.05, 4.69) is 4.74 Å². The van der Waals surface area contributed by atoms with E-state index in [0.29, 0.717) is 238 Å². The molecule has 0 N–H and O–H groups in total. The third kappa shape index (κ3) is 46.2. The van der Waals surface area contributed by atoms with Gasteiger partial charge in [-0.3, -0.25) is 0 Å². The van der Waals surface area contributed by atoms with Crippen molar-refractivity contribution in [1.82, 2.24) is 0 Å². The lowest BCUT2D eigenvalue weighted by atomic mass is 9.89. The average molecular weight is 1550 g/mol. The van der Waals surface area contributed by atoms with Gasteiger partial charge in [-0.2, -0.15) is 74.6 Å². The van der Waals surface area contributed by atoms with Gasteiger partial charge in [-0.05, 0) is 6.42 Å². The van der Waals surface area contributed by atoms with Crippen molar-refractivity contribution in [2.24, 2.45) is 0 Å². The lowest BCUT2D eigenvalue weighted by Crippen LogP contribution is -2.74.